The molecular formula is C17H22O6. The SMILES string of the molecule is COC(=O)CCC(C)c1oc(OC)c2cc(OC)c(OC)cc12. The largest absolute Gasteiger partial charge is 0.493 e. The van der Waals surface area contributed by atoms with Crippen molar-refractivity contribution in [2.75, 3.05) is 28.4 Å². The van der Waals surface area contributed by atoms with Crippen LogP contribution in [0.25, 0.3) is 10.8 Å². The first-order valence-electron chi connectivity index (χ1n) is 7.34. The molecule has 23 heavy (non-hydrogen) atoms. The molecule has 1 unspecified atom stereocenters. The third-order valence-electron chi connectivity index (χ3n) is 3.85. The summed E-state index contributed by atoms with van der Waals surface area (Å²) in [5, 5.41) is 1.70. The van der Waals surface area contributed by atoms with Crippen LogP contribution >= 0.6 is 0 Å². The lowest BCUT2D eigenvalue weighted by Crippen LogP contribution is -2.03. The van der Waals surface area contributed by atoms with Crippen LogP contribution in [0, 0.1) is 0 Å². The molecule has 2 aromatic rings. The van der Waals surface area contributed by atoms with Crippen molar-refractivity contribution in [3.63, 3.8) is 0 Å². The Balaban J connectivity index is 2.45. The maximum Gasteiger partial charge on any atom is 0.305 e. The molecule has 0 spiro atoms. The molecule has 0 amide bonds. The van der Waals surface area contributed by atoms with Gasteiger partial charge in [0, 0.05) is 17.7 Å². The summed E-state index contributed by atoms with van der Waals surface area (Å²) in [6, 6.07) is 3.69. The van der Waals surface area contributed by atoms with Gasteiger partial charge in [0.05, 0.1) is 33.8 Å². The van der Waals surface area contributed by atoms with Gasteiger partial charge in [-0.1, -0.05) is 6.92 Å². The second-order valence-corrected chi connectivity index (χ2v) is 5.23. The fourth-order valence-electron chi connectivity index (χ4n) is 2.55. The second kappa shape index (κ2) is 7.26. The Morgan fingerprint density at radius 1 is 1.04 bits per heavy atom. The Hall–Kier alpha value is -2.37. The number of ether oxygens (including phenoxy) is 4. The number of methoxy groups -OCH3 is 4. The maximum absolute atomic E-state index is 11.3. The Kier molecular flexibility index (Phi) is 5.36. The zero-order valence-electron chi connectivity index (χ0n) is 14.1. The van der Waals surface area contributed by atoms with Crippen LogP contribution < -0.4 is 14.2 Å². The molecule has 0 N–H and O–H groups in total. The van der Waals surface area contributed by atoms with Gasteiger partial charge in [-0.3, -0.25) is 4.79 Å². The van der Waals surface area contributed by atoms with Crippen LogP contribution in [0.1, 0.15) is 31.4 Å². The predicted molar refractivity (Wildman–Crippen MR) is 85.5 cm³/mol. The predicted octanol–water partition coefficient (Wildman–Crippen LogP) is 3.52. The zero-order valence-corrected chi connectivity index (χ0v) is 14.1. The van der Waals surface area contributed by atoms with E-state index in [1.54, 1.807) is 21.3 Å². The number of furan rings is 1. The number of fused-ring (bicyclic) bond motifs is 1. The van der Waals surface area contributed by atoms with Crippen molar-refractivity contribution in [2.45, 2.75) is 25.7 Å². The Morgan fingerprint density at radius 3 is 2.17 bits per heavy atom. The van der Waals surface area contributed by atoms with E-state index in [2.05, 4.69) is 4.74 Å². The van der Waals surface area contributed by atoms with E-state index in [4.69, 9.17) is 18.6 Å². The number of rotatable bonds is 7. The van der Waals surface area contributed by atoms with Gasteiger partial charge in [-0.25, -0.2) is 0 Å². The number of benzene rings is 1. The van der Waals surface area contributed by atoms with Crippen LogP contribution in [0.2, 0.25) is 0 Å². The molecule has 0 aliphatic rings. The van der Waals surface area contributed by atoms with Crippen molar-refractivity contribution in [3.8, 4) is 17.4 Å². The minimum Gasteiger partial charge on any atom is -0.493 e. The van der Waals surface area contributed by atoms with Gasteiger partial charge >= 0.3 is 5.97 Å². The fourth-order valence-corrected chi connectivity index (χ4v) is 2.55. The first-order valence-corrected chi connectivity index (χ1v) is 7.34. The lowest BCUT2D eigenvalue weighted by molar-refractivity contribution is -0.140. The first kappa shape index (κ1) is 17.0. The minimum absolute atomic E-state index is 0.0265. The summed E-state index contributed by atoms with van der Waals surface area (Å²) in [6.45, 7) is 2.00. The molecule has 0 saturated heterocycles. The van der Waals surface area contributed by atoms with Crippen LogP contribution in [0.15, 0.2) is 16.5 Å². The van der Waals surface area contributed by atoms with Crippen LogP contribution in [0.4, 0.5) is 0 Å². The van der Waals surface area contributed by atoms with E-state index in [-0.39, 0.29) is 11.9 Å². The van der Waals surface area contributed by atoms with Crippen molar-refractivity contribution in [1.82, 2.24) is 0 Å². The highest BCUT2D eigenvalue weighted by molar-refractivity contribution is 5.92. The molecule has 1 aromatic carbocycles. The third-order valence-corrected chi connectivity index (χ3v) is 3.85. The van der Waals surface area contributed by atoms with E-state index in [9.17, 15) is 4.79 Å². The van der Waals surface area contributed by atoms with Gasteiger partial charge in [-0.2, -0.15) is 0 Å². The van der Waals surface area contributed by atoms with Crippen LogP contribution in [0.5, 0.6) is 17.4 Å². The van der Waals surface area contributed by atoms with E-state index >= 15 is 0 Å². The minimum atomic E-state index is -0.237. The summed E-state index contributed by atoms with van der Waals surface area (Å²) in [7, 11) is 6.10. The normalized spacial score (nSPS) is 12.0. The molecule has 6 heteroatoms. The molecule has 2 rings (SSSR count). The number of carbonyl (C=O) groups excluding carboxylic acids is 1. The van der Waals surface area contributed by atoms with E-state index < -0.39 is 0 Å². The molecule has 0 aliphatic carbocycles. The molecule has 0 bridgehead atoms. The molecule has 1 atom stereocenters. The zero-order chi connectivity index (χ0) is 17.0. The molecule has 0 saturated carbocycles. The molecular weight excluding hydrogens is 300 g/mol. The Labute approximate surface area is 135 Å². The topological polar surface area (TPSA) is 67.1 Å². The molecule has 126 valence electrons. The van der Waals surface area contributed by atoms with Crippen LogP contribution in [-0.2, 0) is 9.53 Å². The molecule has 1 aromatic heterocycles. The smallest absolute Gasteiger partial charge is 0.305 e. The van der Waals surface area contributed by atoms with E-state index in [1.807, 2.05) is 19.1 Å². The van der Waals surface area contributed by atoms with Gasteiger partial charge in [0.1, 0.15) is 5.76 Å². The van der Waals surface area contributed by atoms with Gasteiger partial charge in [-0.05, 0) is 18.6 Å². The molecule has 0 radical (unpaired) electrons. The van der Waals surface area contributed by atoms with Gasteiger partial charge in [0.15, 0.2) is 11.5 Å². The summed E-state index contributed by atoms with van der Waals surface area (Å²) in [6.07, 6.45) is 0.947. The highest BCUT2D eigenvalue weighted by Gasteiger charge is 2.22. The maximum atomic E-state index is 11.3. The highest BCUT2D eigenvalue weighted by atomic mass is 16.6. The summed E-state index contributed by atoms with van der Waals surface area (Å²) < 4.78 is 26.5. The van der Waals surface area contributed by atoms with Gasteiger partial charge in [0.2, 0.25) is 0 Å². The van der Waals surface area contributed by atoms with Gasteiger partial charge in [-0.15, -0.1) is 0 Å². The Morgan fingerprint density at radius 2 is 1.65 bits per heavy atom. The second-order valence-electron chi connectivity index (χ2n) is 5.23. The van der Waals surface area contributed by atoms with Gasteiger partial charge in [0.25, 0.3) is 5.95 Å². The average Bonchev–Trinajstić information content (AvgIpc) is 2.95. The van der Waals surface area contributed by atoms with Crippen LogP contribution in [0.3, 0.4) is 0 Å². The number of carbonyl (C=O) groups is 1. The van der Waals surface area contributed by atoms with Gasteiger partial charge < -0.3 is 23.4 Å². The third kappa shape index (κ3) is 3.36. The van der Waals surface area contributed by atoms with E-state index in [1.165, 1.54) is 7.11 Å². The summed E-state index contributed by atoms with van der Waals surface area (Å²) in [5.41, 5.74) is 0. The monoisotopic (exact) mass is 322 g/mol. The van der Waals surface area contributed by atoms with Crippen molar-refractivity contribution in [1.29, 1.82) is 0 Å². The number of hydrogen-bond acceptors (Lipinski definition) is 6. The van der Waals surface area contributed by atoms with Crippen molar-refractivity contribution in [2.24, 2.45) is 0 Å². The highest BCUT2D eigenvalue weighted by Crippen LogP contribution is 2.42. The van der Waals surface area contributed by atoms with Crippen molar-refractivity contribution in [3.05, 3.63) is 17.9 Å². The van der Waals surface area contributed by atoms with E-state index in [0.29, 0.717) is 30.3 Å². The summed E-state index contributed by atoms with van der Waals surface area (Å²) >= 11 is 0. The number of esters is 1. The van der Waals surface area contributed by atoms with Crippen molar-refractivity contribution >= 4 is 16.7 Å². The Bertz CT molecular complexity index is 688. The summed E-state index contributed by atoms with van der Waals surface area (Å²) in [4.78, 5) is 11.3. The average molecular weight is 322 g/mol. The lowest BCUT2D eigenvalue weighted by Gasteiger charge is -2.10. The number of hydrogen-bond donors (Lipinski definition) is 0. The summed E-state index contributed by atoms with van der Waals surface area (Å²) in [5.74, 6) is 2.18. The quantitative estimate of drug-likeness (QED) is 0.727. The molecule has 0 fully saturated rings. The molecule has 1 heterocycles. The standard InChI is InChI=1S/C17H22O6/c1-10(6-7-15(18)21-4)16-11-8-13(19-2)14(20-3)9-12(11)17(22-5)23-16/h8-10H,6-7H2,1-5H3. The van der Waals surface area contributed by atoms with E-state index in [0.717, 1.165) is 16.5 Å². The first-order chi connectivity index (χ1) is 11.0. The lowest BCUT2D eigenvalue weighted by atomic mass is 9.99. The molecule has 0 aliphatic heterocycles. The van der Waals surface area contributed by atoms with Crippen LogP contribution in [-0.4, -0.2) is 34.4 Å². The molecule has 6 nitrogen and oxygen atoms in total. The fraction of sp³-hybridized carbons (Fsp3) is 0.471. The van der Waals surface area contributed by atoms with Crippen molar-refractivity contribution < 1.29 is 28.2 Å².